The molecule has 0 amide bonds. The van der Waals surface area contributed by atoms with Crippen LogP contribution >= 0.6 is 11.6 Å². The molecule has 1 rings (SSSR count). The number of benzene rings is 1. The average molecular weight is 328 g/mol. The fourth-order valence-corrected chi connectivity index (χ4v) is 2.26. The molecule has 124 valence electrons. The minimum Gasteiger partial charge on any atom is -0.497 e. The van der Waals surface area contributed by atoms with Crippen LogP contribution in [0.1, 0.15) is 19.4 Å². The number of hydrogen-bond acceptors (Lipinski definition) is 3. The maximum atomic E-state index is 6.23. The zero-order valence-electron chi connectivity index (χ0n) is 13.8. The van der Waals surface area contributed by atoms with Crippen LogP contribution in [0.15, 0.2) is 23.2 Å². The van der Waals surface area contributed by atoms with Gasteiger partial charge in [-0.2, -0.15) is 0 Å². The Hall–Kier alpha value is -1.46. The van der Waals surface area contributed by atoms with Gasteiger partial charge in [-0.25, -0.2) is 0 Å². The molecule has 0 aliphatic heterocycles. The summed E-state index contributed by atoms with van der Waals surface area (Å²) in [6, 6.07) is 5.91. The summed E-state index contributed by atoms with van der Waals surface area (Å²) in [4.78, 5) is 4.56. The van der Waals surface area contributed by atoms with Crippen molar-refractivity contribution >= 4 is 17.6 Å². The highest BCUT2D eigenvalue weighted by Gasteiger charge is 2.05. The molecule has 0 fully saturated rings. The first-order valence-corrected chi connectivity index (χ1v) is 7.84. The third kappa shape index (κ3) is 6.54. The number of halogens is 1. The van der Waals surface area contributed by atoms with Crippen LogP contribution < -0.4 is 15.4 Å². The predicted molar refractivity (Wildman–Crippen MR) is 92.2 cm³/mol. The summed E-state index contributed by atoms with van der Waals surface area (Å²) in [6.07, 6.45) is 0.776. The van der Waals surface area contributed by atoms with Crippen molar-refractivity contribution in [2.75, 3.05) is 33.9 Å². The van der Waals surface area contributed by atoms with Crippen LogP contribution in [0.2, 0.25) is 5.02 Å². The second-order valence-corrected chi connectivity index (χ2v) is 5.38. The molecule has 0 aliphatic rings. The van der Waals surface area contributed by atoms with Crippen LogP contribution in [0, 0.1) is 0 Å². The van der Waals surface area contributed by atoms with Gasteiger partial charge in [0.05, 0.1) is 13.7 Å². The van der Waals surface area contributed by atoms with Gasteiger partial charge in [-0.05, 0) is 38.0 Å². The molecule has 0 bridgehead atoms. The van der Waals surface area contributed by atoms with Gasteiger partial charge in [-0.15, -0.1) is 0 Å². The summed E-state index contributed by atoms with van der Waals surface area (Å²) >= 11 is 6.23. The molecule has 1 unspecified atom stereocenters. The van der Waals surface area contributed by atoms with Crippen molar-refractivity contribution in [3.05, 3.63) is 28.8 Å². The van der Waals surface area contributed by atoms with Gasteiger partial charge in [0.2, 0.25) is 0 Å². The van der Waals surface area contributed by atoms with Gasteiger partial charge in [-0.1, -0.05) is 17.7 Å². The molecule has 1 aromatic rings. The van der Waals surface area contributed by atoms with E-state index in [-0.39, 0.29) is 6.04 Å². The first kappa shape index (κ1) is 18.6. The third-order valence-corrected chi connectivity index (χ3v) is 3.41. The summed E-state index contributed by atoms with van der Waals surface area (Å²) in [5.41, 5.74) is 1.06. The largest absolute Gasteiger partial charge is 0.497 e. The Labute approximate surface area is 138 Å². The van der Waals surface area contributed by atoms with Crippen LogP contribution in [0.25, 0.3) is 0 Å². The van der Waals surface area contributed by atoms with E-state index in [9.17, 15) is 0 Å². The molecule has 1 atom stereocenters. The molecular formula is C16H26ClN3O2. The molecule has 22 heavy (non-hydrogen) atoms. The molecule has 6 heteroatoms. The minimum atomic E-state index is 0.201. The lowest BCUT2D eigenvalue weighted by atomic mass is 10.1. The molecule has 0 aliphatic carbocycles. The lowest BCUT2D eigenvalue weighted by Gasteiger charge is -2.17. The van der Waals surface area contributed by atoms with E-state index in [1.165, 1.54) is 0 Å². The number of nitrogens with zero attached hydrogens (tertiary/aromatic N) is 1. The van der Waals surface area contributed by atoms with Crippen molar-refractivity contribution in [3.8, 4) is 5.75 Å². The molecule has 0 heterocycles. The number of nitrogens with one attached hydrogen (secondary N) is 2. The number of methoxy groups -OCH3 is 2. The van der Waals surface area contributed by atoms with E-state index < -0.39 is 0 Å². The van der Waals surface area contributed by atoms with Crippen molar-refractivity contribution in [2.45, 2.75) is 26.3 Å². The van der Waals surface area contributed by atoms with Crippen LogP contribution in [0.5, 0.6) is 5.75 Å². The molecule has 0 saturated carbocycles. The predicted octanol–water partition coefficient (Wildman–Crippen LogP) is 2.48. The number of rotatable bonds is 8. The average Bonchev–Trinajstić information content (AvgIpc) is 2.49. The van der Waals surface area contributed by atoms with Crippen LogP contribution in [-0.4, -0.2) is 45.9 Å². The van der Waals surface area contributed by atoms with Gasteiger partial charge in [0.25, 0.3) is 0 Å². The first-order chi connectivity index (χ1) is 10.6. The second kappa shape index (κ2) is 10.3. The van der Waals surface area contributed by atoms with E-state index in [4.69, 9.17) is 21.1 Å². The maximum absolute atomic E-state index is 6.23. The summed E-state index contributed by atoms with van der Waals surface area (Å²) in [5.74, 6) is 1.55. The Kier molecular flexibility index (Phi) is 8.70. The highest BCUT2D eigenvalue weighted by molar-refractivity contribution is 6.31. The van der Waals surface area contributed by atoms with Crippen molar-refractivity contribution in [1.29, 1.82) is 0 Å². The van der Waals surface area contributed by atoms with Gasteiger partial charge in [-0.3, -0.25) is 4.99 Å². The topological polar surface area (TPSA) is 54.9 Å². The van der Waals surface area contributed by atoms with Crippen molar-refractivity contribution in [1.82, 2.24) is 10.6 Å². The summed E-state index contributed by atoms with van der Waals surface area (Å²) in [5, 5.41) is 7.23. The minimum absolute atomic E-state index is 0.201. The fraction of sp³-hybridized carbons (Fsp3) is 0.562. The smallest absolute Gasteiger partial charge is 0.191 e. The van der Waals surface area contributed by atoms with Gasteiger partial charge < -0.3 is 20.1 Å². The molecule has 0 saturated heterocycles. The van der Waals surface area contributed by atoms with Gasteiger partial charge in [0.1, 0.15) is 5.75 Å². The Bertz CT molecular complexity index is 480. The number of aliphatic imine (C=N–C) groups is 1. The van der Waals surface area contributed by atoms with E-state index in [1.807, 2.05) is 25.1 Å². The lowest BCUT2D eigenvalue weighted by Crippen LogP contribution is -2.44. The molecule has 5 nitrogen and oxygen atoms in total. The van der Waals surface area contributed by atoms with E-state index in [2.05, 4.69) is 22.5 Å². The Balaban J connectivity index is 2.59. The normalized spacial score (nSPS) is 12.9. The Morgan fingerprint density at radius 2 is 2.14 bits per heavy atom. The standard InChI is InChI=1S/C16H26ClN3O2/c1-5-18-16(20-12(2)11-21-3)19-9-8-13-6-7-14(22-4)10-15(13)17/h6-7,10,12H,5,8-9,11H2,1-4H3,(H2,18,19,20). The van der Waals surface area contributed by atoms with Crippen LogP contribution in [0.4, 0.5) is 0 Å². The quantitative estimate of drug-likeness (QED) is 0.569. The summed E-state index contributed by atoms with van der Waals surface area (Å²) < 4.78 is 10.3. The molecule has 0 spiro atoms. The summed E-state index contributed by atoms with van der Waals surface area (Å²) in [7, 11) is 3.32. The first-order valence-electron chi connectivity index (χ1n) is 7.46. The third-order valence-electron chi connectivity index (χ3n) is 3.06. The van der Waals surface area contributed by atoms with Crippen LogP contribution in [-0.2, 0) is 11.2 Å². The van der Waals surface area contributed by atoms with E-state index in [1.54, 1.807) is 14.2 Å². The highest BCUT2D eigenvalue weighted by atomic mass is 35.5. The maximum Gasteiger partial charge on any atom is 0.191 e. The number of ether oxygens (including phenoxy) is 2. The second-order valence-electron chi connectivity index (χ2n) is 4.97. The van der Waals surface area contributed by atoms with Gasteiger partial charge in [0, 0.05) is 31.3 Å². The van der Waals surface area contributed by atoms with Crippen molar-refractivity contribution < 1.29 is 9.47 Å². The summed E-state index contributed by atoms with van der Waals surface area (Å²) in [6.45, 7) is 6.19. The number of guanidine groups is 1. The van der Waals surface area contributed by atoms with Gasteiger partial charge >= 0.3 is 0 Å². The Morgan fingerprint density at radius 1 is 1.36 bits per heavy atom. The van der Waals surface area contributed by atoms with Crippen molar-refractivity contribution in [3.63, 3.8) is 0 Å². The SMILES string of the molecule is CCNC(=NCCc1ccc(OC)cc1Cl)NC(C)COC. The zero-order chi connectivity index (χ0) is 16.4. The monoisotopic (exact) mass is 327 g/mol. The molecule has 0 aromatic heterocycles. The number of hydrogen-bond donors (Lipinski definition) is 2. The lowest BCUT2D eigenvalue weighted by molar-refractivity contribution is 0.179. The van der Waals surface area contributed by atoms with E-state index in [0.717, 1.165) is 30.2 Å². The fourth-order valence-electron chi connectivity index (χ4n) is 1.99. The Morgan fingerprint density at radius 3 is 2.73 bits per heavy atom. The molecule has 0 radical (unpaired) electrons. The van der Waals surface area contributed by atoms with Crippen LogP contribution in [0.3, 0.4) is 0 Å². The zero-order valence-corrected chi connectivity index (χ0v) is 14.5. The van der Waals surface area contributed by atoms with E-state index in [0.29, 0.717) is 18.2 Å². The molecular weight excluding hydrogens is 302 g/mol. The highest BCUT2D eigenvalue weighted by Crippen LogP contribution is 2.22. The molecule has 1 aromatic carbocycles. The molecule has 2 N–H and O–H groups in total. The van der Waals surface area contributed by atoms with Crippen molar-refractivity contribution in [2.24, 2.45) is 4.99 Å². The van der Waals surface area contributed by atoms with E-state index >= 15 is 0 Å². The van der Waals surface area contributed by atoms with Gasteiger partial charge in [0.15, 0.2) is 5.96 Å².